The van der Waals surface area contributed by atoms with Crippen LogP contribution in [0, 0.1) is 5.82 Å². The molecule has 2 heterocycles. The molecule has 0 radical (unpaired) electrons. The molecule has 0 bridgehead atoms. The lowest BCUT2D eigenvalue weighted by molar-refractivity contribution is 0.0945. The molecule has 23 heavy (non-hydrogen) atoms. The number of carbonyl (C=O) groups excluding carboxylic acids is 1. The van der Waals surface area contributed by atoms with Gasteiger partial charge in [-0.3, -0.25) is 4.79 Å². The third-order valence-electron chi connectivity index (χ3n) is 3.39. The summed E-state index contributed by atoms with van der Waals surface area (Å²) < 4.78 is 15.5. The highest BCUT2D eigenvalue weighted by Gasteiger charge is 2.22. The van der Waals surface area contributed by atoms with Crippen LogP contribution in [0.3, 0.4) is 0 Å². The molecule has 1 aromatic carbocycles. The lowest BCUT2D eigenvalue weighted by atomic mass is 10.1. The fourth-order valence-electron chi connectivity index (χ4n) is 2.25. The second-order valence-corrected chi connectivity index (χ2v) is 6.67. The molecule has 4 nitrogen and oxygen atoms in total. The highest BCUT2D eigenvalue weighted by Crippen LogP contribution is 2.25. The van der Waals surface area contributed by atoms with Crippen molar-refractivity contribution in [2.75, 3.05) is 0 Å². The summed E-state index contributed by atoms with van der Waals surface area (Å²) in [6, 6.07) is 8.85. The molecule has 1 atom stereocenters. The van der Waals surface area contributed by atoms with Crippen molar-refractivity contribution in [1.29, 1.82) is 0 Å². The Hall–Kier alpha value is -2.18. The smallest absolute Gasteiger partial charge is 0.262 e. The van der Waals surface area contributed by atoms with Gasteiger partial charge in [0.1, 0.15) is 17.7 Å². The van der Waals surface area contributed by atoms with Gasteiger partial charge in [-0.05, 0) is 29.8 Å². The molecular weight excluding hydrogens is 337 g/mol. The summed E-state index contributed by atoms with van der Waals surface area (Å²) in [5.74, 6) is 0.0792. The molecule has 118 valence electrons. The van der Waals surface area contributed by atoms with E-state index in [0.29, 0.717) is 15.0 Å². The van der Waals surface area contributed by atoms with Gasteiger partial charge in [0.15, 0.2) is 0 Å². The van der Waals surface area contributed by atoms with E-state index < -0.39 is 6.04 Å². The van der Waals surface area contributed by atoms with Gasteiger partial charge in [-0.2, -0.15) is 0 Å². The molecule has 0 aliphatic heterocycles. The number of hydrogen-bond donors (Lipinski definition) is 1. The summed E-state index contributed by atoms with van der Waals surface area (Å²) in [7, 11) is 1.84. The molecule has 0 fully saturated rings. The van der Waals surface area contributed by atoms with Gasteiger partial charge in [0, 0.05) is 19.4 Å². The molecule has 2 aromatic heterocycles. The highest BCUT2D eigenvalue weighted by atomic mass is 35.5. The van der Waals surface area contributed by atoms with Gasteiger partial charge < -0.3 is 9.88 Å². The Morgan fingerprint density at radius 2 is 2.04 bits per heavy atom. The van der Waals surface area contributed by atoms with Crippen molar-refractivity contribution in [3.05, 3.63) is 75.2 Å². The third-order valence-corrected chi connectivity index (χ3v) is 4.62. The first-order valence-corrected chi connectivity index (χ1v) is 8.03. The second kappa shape index (κ2) is 6.52. The van der Waals surface area contributed by atoms with Crippen molar-refractivity contribution in [3.63, 3.8) is 0 Å². The minimum Gasteiger partial charge on any atom is -0.337 e. The predicted molar refractivity (Wildman–Crippen MR) is 88.2 cm³/mol. The topological polar surface area (TPSA) is 46.9 Å². The van der Waals surface area contributed by atoms with E-state index in [1.807, 2.05) is 11.6 Å². The first-order valence-electron chi connectivity index (χ1n) is 6.83. The summed E-state index contributed by atoms with van der Waals surface area (Å²) in [6.07, 6.45) is 3.44. The van der Waals surface area contributed by atoms with Gasteiger partial charge in [0.25, 0.3) is 5.91 Å². The molecule has 1 amide bonds. The van der Waals surface area contributed by atoms with Crippen molar-refractivity contribution >= 4 is 28.8 Å². The average Bonchev–Trinajstić information content (AvgIpc) is 3.14. The zero-order chi connectivity index (χ0) is 16.4. The van der Waals surface area contributed by atoms with E-state index >= 15 is 0 Å². The van der Waals surface area contributed by atoms with Gasteiger partial charge in [-0.15, -0.1) is 11.3 Å². The maximum atomic E-state index is 13.2. The zero-order valence-electron chi connectivity index (χ0n) is 12.2. The number of nitrogens with zero attached hydrogens (tertiary/aromatic N) is 2. The van der Waals surface area contributed by atoms with Crippen LogP contribution in [0.25, 0.3) is 0 Å². The van der Waals surface area contributed by atoms with E-state index in [-0.39, 0.29) is 11.7 Å². The van der Waals surface area contributed by atoms with Gasteiger partial charge in [0.2, 0.25) is 0 Å². The second-order valence-electron chi connectivity index (χ2n) is 4.96. The normalized spacial score (nSPS) is 12.1. The van der Waals surface area contributed by atoms with E-state index in [4.69, 9.17) is 11.6 Å². The van der Waals surface area contributed by atoms with Gasteiger partial charge in [-0.25, -0.2) is 9.37 Å². The lowest BCUT2D eigenvalue weighted by Gasteiger charge is -2.18. The molecule has 0 saturated heterocycles. The third kappa shape index (κ3) is 3.43. The van der Waals surface area contributed by atoms with Crippen LogP contribution in [0.15, 0.2) is 48.8 Å². The van der Waals surface area contributed by atoms with Gasteiger partial charge >= 0.3 is 0 Å². The number of aryl methyl sites for hydroxylation is 1. The van der Waals surface area contributed by atoms with Crippen molar-refractivity contribution in [1.82, 2.24) is 14.9 Å². The first-order chi connectivity index (χ1) is 11.0. The Labute approximate surface area is 141 Å². The summed E-state index contributed by atoms with van der Waals surface area (Å²) in [6.45, 7) is 0. The molecule has 0 aliphatic carbocycles. The fraction of sp³-hybridized carbons (Fsp3) is 0.125. The summed E-state index contributed by atoms with van der Waals surface area (Å²) in [4.78, 5) is 17.3. The highest BCUT2D eigenvalue weighted by molar-refractivity contribution is 7.18. The Morgan fingerprint density at radius 1 is 1.30 bits per heavy atom. The number of thiophene rings is 1. The Bertz CT molecular complexity index is 828. The lowest BCUT2D eigenvalue weighted by Crippen LogP contribution is -2.30. The molecular formula is C16H13ClFN3OS. The standard InChI is InChI=1S/C16H13ClFN3OS/c1-21-9-8-19-15(21)14(10-2-4-11(18)5-3-10)20-16(22)12-6-7-13(17)23-12/h2-9,14H,1H3,(H,20,22). The van der Waals surface area contributed by atoms with Crippen molar-refractivity contribution in [2.24, 2.45) is 7.05 Å². The molecule has 0 saturated carbocycles. The fourth-order valence-corrected chi connectivity index (χ4v) is 3.19. The number of nitrogens with one attached hydrogen (secondary N) is 1. The van der Waals surface area contributed by atoms with E-state index in [9.17, 15) is 9.18 Å². The number of rotatable bonds is 4. The number of hydrogen-bond acceptors (Lipinski definition) is 3. The van der Waals surface area contributed by atoms with E-state index in [1.165, 1.54) is 23.5 Å². The predicted octanol–water partition coefficient (Wildman–Crippen LogP) is 3.79. The first kappa shape index (κ1) is 15.7. The number of benzene rings is 1. The maximum Gasteiger partial charge on any atom is 0.262 e. The van der Waals surface area contributed by atoms with Crippen molar-refractivity contribution in [3.8, 4) is 0 Å². The number of imidazole rings is 1. The molecule has 7 heteroatoms. The van der Waals surface area contributed by atoms with Crippen molar-refractivity contribution in [2.45, 2.75) is 6.04 Å². The largest absolute Gasteiger partial charge is 0.337 e. The molecule has 3 rings (SSSR count). The molecule has 0 spiro atoms. The average molecular weight is 350 g/mol. The Balaban J connectivity index is 1.94. The van der Waals surface area contributed by atoms with Gasteiger partial charge in [-0.1, -0.05) is 23.7 Å². The zero-order valence-corrected chi connectivity index (χ0v) is 13.7. The SMILES string of the molecule is Cn1ccnc1C(NC(=O)c1ccc(Cl)s1)c1ccc(F)cc1. The van der Waals surface area contributed by atoms with E-state index in [2.05, 4.69) is 10.3 Å². The quantitative estimate of drug-likeness (QED) is 0.779. The molecule has 0 aliphatic rings. The van der Waals surface area contributed by atoms with Crippen LogP contribution in [0.5, 0.6) is 0 Å². The molecule has 1 N–H and O–H groups in total. The maximum absolute atomic E-state index is 13.2. The number of aromatic nitrogens is 2. The number of amides is 1. The van der Waals surface area contributed by atoms with E-state index in [0.717, 1.165) is 5.56 Å². The van der Waals surface area contributed by atoms with Crippen LogP contribution in [-0.4, -0.2) is 15.5 Å². The Morgan fingerprint density at radius 3 is 2.61 bits per heavy atom. The van der Waals surface area contributed by atoms with Crippen molar-refractivity contribution < 1.29 is 9.18 Å². The summed E-state index contributed by atoms with van der Waals surface area (Å²) in [5.41, 5.74) is 0.747. The number of carbonyl (C=O) groups is 1. The summed E-state index contributed by atoms with van der Waals surface area (Å²) >= 11 is 7.08. The van der Waals surface area contributed by atoms with Crippen LogP contribution in [0.4, 0.5) is 4.39 Å². The monoisotopic (exact) mass is 349 g/mol. The van der Waals surface area contributed by atoms with Crippen LogP contribution in [0.1, 0.15) is 27.1 Å². The Kier molecular flexibility index (Phi) is 4.45. The van der Waals surface area contributed by atoms with Crippen LogP contribution in [0.2, 0.25) is 4.34 Å². The molecule has 1 unspecified atom stereocenters. The van der Waals surface area contributed by atoms with Gasteiger partial charge in [0.05, 0.1) is 9.21 Å². The minimum atomic E-state index is -0.482. The van der Waals surface area contributed by atoms with Crippen LogP contribution in [-0.2, 0) is 7.05 Å². The summed E-state index contributed by atoms with van der Waals surface area (Å²) in [5, 5.41) is 2.93. The van der Waals surface area contributed by atoms with Crippen LogP contribution >= 0.6 is 22.9 Å². The van der Waals surface area contributed by atoms with Crippen LogP contribution < -0.4 is 5.32 Å². The molecule has 3 aromatic rings. The van der Waals surface area contributed by atoms with E-state index in [1.54, 1.807) is 36.7 Å². The number of halogens is 2. The minimum absolute atomic E-state index is 0.251.